The van der Waals surface area contributed by atoms with Crippen LogP contribution >= 0.6 is 0 Å². The number of benzene rings is 2. The van der Waals surface area contributed by atoms with Crippen molar-refractivity contribution >= 4 is 16.1 Å². The molecule has 0 aromatic heterocycles. The van der Waals surface area contributed by atoms with E-state index in [4.69, 9.17) is 4.18 Å². The van der Waals surface area contributed by atoms with E-state index in [2.05, 4.69) is 0 Å². The third kappa shape index (κ3) is 5.45. The Morgan fingerprint density at radius 3 is 2.14 bits per heavy atom. The van der Waals surface area contributed by atoms with Crippen molar-refractivity contribution in [1.82, 2.24) is 9.80 Å². The largest absolute Gasteiger partial charge is 0.379 e. The molecule has 0 bridgehead atoms. The number of halogens is 1. The lowest BCUT2D eigenvalue weighted by molar-refractivity contribution is 0.148. The second kappa shape index (κ2) is 9.05. The highest BCUT2D eigenvalue weighted by Gasteiger charge is 2.21. The van der Waals surface area contributed by atoms with Crippen molar-refractivity contribution in [2.24, 2.45) is 0 Å². The smallest absolute Gasteiger partial charge is 0.339 e. The molecule has 0 N–H and O–H groups in total. The molecule has 6 nitrogen and oxygen atoms in total. The summed E-state index contributed by atoms with van der Waals surface area (Å²) < 4.78 is 42.6. The van der Waals surface area contributed by atoms with Crippen LogP contribution in [0.3, 0.4) is 0 Å². The van der Waals surface area contributed by atoms with Gasteiger partial charge in [-0.2, -0.15) is 8.42 Å². The summed E-state index contributed by atoms with van der Waals surface area (Å²) in [6.07, 6.45) is 0.816. The molecule has 28 heavy (non-hydrogen) atoms. The van der Waals surface area contributed by atoms with Crippen LogP contribution in [-0.4, -0.2) is 44.4 Å². The zero-order chi connectivity index (χ0) is 20.9. The zero-order valence-corrected chi connectivity index (χ0v) is 17.2. The van der Waals surface area contributed by atoms with Crippen molar-refractivity contribution in [1.29, 1.82) is 0 Å². The maximum Gasteiger partial charge on any atom is 0.339 e. The van der Waals surface area contributed by atoms with E-state index in [1.807, 2.05) is 13.8 Å². The minimum Gasteiger partial charge on any atom is -0.379 e. The fourth-order valence-corrected chi connectivity index (χ4v) is 3.44. The van der Waals surface area contributed by atoms with Crippen LogP contribution in [0.15, 0.2) is 53.4 Å². The van der Waals surface area contributed by atoms with E-state index in [1.165, 1.54) is 17.0 Å². The lowest BCUT2D eigenvalue weighted by Gasteiger charge is -2.31. The number of hydrogen-bond donors (Lipinski definition) is 0. The number of amides is 2. The maximum atomic E-state index is 13.0. The first-order valence-electron chi connectivity index (χ1n) is 8.91. The molecule has 0 fully saturated rings. The maximum absolute atomic E-state index is 13.0. The first-order valence-corrected chi connectivity index (χ1v) is 10.3. The van der Waals surface area contributed by atoms with E-state index in [0.29, 0.717) is 6.54 Å². The highest BCUT2D eigenvalue weighted by molar-refractivity contribution is 7.87. The van der Waals surface area contributed by atoms with Gasteiger partial charge in [-0.1, -0.05) is 19.1 Å². The topological polar surface area (TPSA) is 66.9 Å². The number of carbonyl (C=O) groups is 1. The van der Waals surface area contributed by atoms with Gasteiger partial charge in [0.1, 0.15) is 16.5 Å². The van der Waals surface area contributed by atoms with Crippen LogP contribution in [0.2, 0.25) is 0 Å². The Balaban J connectivity index is 2.14. The van der Waals surface area contributed by atoms with E-state index in [9.17, 15) is 17.6 Å². The van der Waals surface area contributed by atoms with Gasteiger partial charge in [0, 0.05) is 26.7 Å². The van der Waals surface area contributed by atoms with Crippen LogP contribution in [-0.2, 0) is 16.7 Å². The van der Waals surface area contributed by atoms with Crippen molar-refractivity contribution in [3.8, 4) is 5.75 Å². The van der Waals surface area contributed by atoms with Gasteiger partial charge in [0.2, 0.25) is 0 Å². The number of urea groups is 1. The van der Waals surface area contributed by atoms with Gasteiger partial charge in [0.05, 0.1) is 0 Å². The Morgan fingerprint density at radius 2 is 1.64 bits per heavy atom. The highest BCUT2D eigenvalue weighted by atomic mass is 32.2. The molecule has 2 aromatic carbocycles. The summed E-state index contributed by atoms with van der Waals surface area (Å²) >= 11 is 0. The van der Waals surface area contributed by atoms with Gasteiger partial charge in [0.25, 0.3) is 0 Å². The number of nitrogens with zero attached hydrogens (tertiary/aromatic N) is 2. The predicted octanol–water partition coefficient (Wildman–Crippen LogP) is 3.88. The molecule has 152 valence electrons. The van der Waals surface area contributed by atoms with Crippen molar-refractivity contribution in [3.05, 3.63) is 59.9 Å². The Morgan fingerprint density at radius 1 is 1.07 bits per heavy atom. The van der Waals surface area contributed by atoms with Gasteiger partial charge >= 0.3 is 16.1 Å². The Kier molecular flexibility index (Phi) is 7.01. The Bertz CT molecular complexity index is 897. The lowest BCUT2D eigenvalue weighted by Crippen LogP contribution is -2.43. The predicted molar refractivity (Wildman–Crippen MR) is 105 cm³/mol. The fraction of sp³-hybridized carbons (Fsp3) is 0.350. The summed E-state index contributed by atoms with van der Waals surface area (Å²) in [5, 5.41) is 0. The Labute approximate surface area is 165 Å². The van der Waals surface area contributed by atoms with Crippen LogP contribution in [0.5, 0.6) is 5.75 Å². The molecule has 0 saturated carbocycles. The van der Waals surface area contributed by atoms with Crippen LogP contribution in [0.25, 0.3) is 0 Å². The zero-order valence-electron chi connectivity index (χ0n) is 16.4. The average molecular weight is 408 g/mol. The van der Waals surface area contributed by atoms with Gasteiger partial charge < -0.3 is 14.0 Å². The molecule has 2 aromatic rings. The van der Waals surface area contributed by atoms with Crippen molar-refractivity contribution in [2.45, 2.75) is 37.8 Å². The number of rotatable bonds is 7. The van der Waals surface area contributed by atoms with Crippen molar-refractivity contribution in [2.75, 3.05) is 14.1 Å². The standard InChI is InChI=1S/C20H25FN2O4S/c1-5-15(2)23(20(24)22(3)4)14-16-6-10-18(11-7-16)27-28(25,26)19-12-8-17(21)9-13-19/h6-13,15H,5,14H2,1-4H3. The first kappa shape index (κ1) is 21.7. The van der Waals surface area contributed by atoms with Crippen LogP contribution in [0.4, 0.5) is 9.18 Å². The van der Waals surface area contributed by atoms with E-state index in [-0.39, 0.29) is 22.7 Å². The molecule has 0 spiro atoms. The van der Waals surface area contributed by atoms with Crippen LogP contribution in [0, 0.1) is 5.82 Å². The van der Waals surface area contributed by atoms with Crippen LogP contribution in [0.1, 0.15) is 25.8 Å². The monoisotopic (exact) mass is 408 g/mol. The molecule has 2 rings (SSSR count). The average Bonchev–Trinajstić information content (AvgIpc) is 2.66. The molecule has 2 amide bonds. The molecule has 0 aliphatic carbocycles. The van der Waals surface area contributed by atoms with Gasteiger partial charge in [0.15, 0.2) is 0 Å². The summed E-state index contributed by atoms with van der Waals surface area (Å²) in [7, 11) is -0.639. The molecular formula is C20H25FN2O4S. The minimum absolute atomic E-state index is 0.0599. The van der Waals surface area contributed by atoms with Gasteiger partial charge in [-0.3, -0.25) is 0 Å². The molecular weight excluding hydrogens is 383 g/mol. The summed E-state index contributed by atoms with van der Waals surface area (Å²) in [6, 6.07) is 10.9. The fourth-order valence-electron chi connectivity index (χ4n) is 2.51. The third-order valence-electron chi connectivity index (χ3n) is 4.34. The first-order chi connectivity index (χ1) is 13.1. The second-order valence-electron chi connectivity index (χ2n) is 6.70. The van der Waals surface area contributed by atoms with Gasteiger partial charge in [-0.15, -0.1) is 0 Å². The molecule has 8 heteroatoms. The van der Waals surface area contributed by atoms with E-state index in [1.54, 1.807) is 31.1 Å². The number of carbonyl (C=O) groups excluding carboxylic acids is 1. The Hall–Kier alpha value is -2.61. The highest BCUT2D eigenvalue weighted by Crippen LogP contribution is 2.21. The summed E-state index contributed by atoms with van der Waals surface area (Å²) in [5.41, 5.74) is 0.849. The van der Waals surface area contributed by atoms with E-state index < -0.39 is 15.9 Å². The molecule has 0 saturated heterocycles. The minimum atomic E-state index is -4.05. The van der Waals surface area contributed by atoms with Crippen molar-refractivity contribution < 1.29 is 21.8 Å². The second-order valence-corrected chi connectivity index (χ2v) is 8.24. The summed E-state index contributed by atoms with van der Waals surface area (Å²) in [6.45, 7) is 4.39. The molecule has 0 aliphatic heterocycles. The normalized spacial score (nSPS) is 12.3. The molecule has 0 heterocycles. The number of hydrogen-bond acceptors (Lipinski definition) is 4. The molecule has 0 aliphatic rings. The third-order valence-corrected chi connectivity index (χ3v) is 5.60. The van der Waals surface area contributed by atoms with Crippen molar-refractivity contribution in [3.63, 3.8) is 0 Å². The lowest BCUT2D eigenvalue weighted by atomic mass is 10.1. The van der Waals surface area contributed by atoms with E-state index >= 15 is 0 Å². The van der Waals surface area contributed by atoms with Gasteiger partial charge in [-0.25, -0.2) is 9.18 Å². The molecule has 1 unspecified atom stereocenters. The molecule has 0 radical (unpaired) electrons. The van der Waals surface area contributed by atoms with E-state index in [0.717, 1.165) is 36.2 Å². The summed E-state index contributed by atoms with van der Waals surface area (Å²) in [5.74, 6) is -0.386. The van der Waals surface area contributed by atoms with Crippen LogP contribution < -0.4 is 4.18 Å². The molecule has 1 atom stereocenters. The van der Waals surface area contributed by atoms with Gasteiger partial charge in [-0.05, 0) is 55.3 Å². The summed E-state index contributed by atoms with van der Waals surface area (Å²) in [4.78, 5) is 15.6. The SMILES string of the molecule is CCC(C)N(Cc1ccc(OS(=O)(=O)c2ccc(F)cc2)cc1)C(=O)N(C)C. The quantitative estimate of drug-likeness (QED) is 0.652.